The number of benzene rings is 6. The Morgan fingerprint density at radius 2 is 0.961 bits per heavy atom. The van der Waals surface area contributed by atoms with Crippen molar-refractivity contribution in [3.63, 3.8) is 0 Å². The zero-order valence-electron chi connectivity index (χ0n) is 57.5. The molecule has 10 aliphatic rings. The standard InChI is InChI=1S/C36H36N4O8.C35H34N4O9S.CH3ClO2S/c1-17-10-19-11-23-25(13-37)40-24(29(38(23)3)27(19)33(31(17)45-5)46-15-44-4)12-22-28(34-32(47-16-48-34)18(2)30(22)41)26(40)14-39-35(42)20-8-6-7-9-21(20)36(39)43;1-16-10-18-11-22-24(13-36)39-23(28(37(22)3)26(18)29(40)30(16)45-4)12-21-27(33-32(46-15-47-33)17(2)31(21)48-49(5,43)44)25(39)14-38-34(41)19-8-6-7-9-20(19)35(38)42;1-5(2,3)4/h6-10,23-26,29,41H,11-12,14-16H2,1-5H3;6-10,22-25,28,40H,11-12,14-15H2,1-5H3;1H3/t23-,24-,25-,26-,29-;22-,23-,24-,25-,28-;/m00./s1. The van der Waals surface area contributed by atoms with Crippen LogP contribution in [0, 0.1) is 50.4 Å². The van der Waals surface area contributed by atoms with E-state index in [0.29, 0.717) is 110 Å². The van der Waals surface area contributed by atoms with Crippen LogP contribution in [0.3, 0.4) is 0 Å². The zero-order valence-corrected chi connectivity index (χ0v) is 59.9. The van der Waals surface area contributed by atoms with Crippen molar-refractivity contribution in [3.8, 4) is 69.6 Å². The maximum Gasteiger partial charge on any atom is 0.306 e. The Morgan fingerprint density at radius 3 is 1.40 bits per heavy atom. The molecular weight excluding hydrogens is 1380 g/mol. The number of rotatable bonds is 11. The summed E-state index contributed by atoms with van der Waals surface area (Å²) in [6.45, 7) is 6.94. The van der Waals surface area contributed by atoms with E-state index in [9.17, 15) is 56.8 Å². The second-order valence-corrected chi connectivity index (χ2v) is 31.7. The van der Waals surface area contributed by atoms with Gasteiger partial charge in [-0.25, -0.2) is 8.42 Å². The lowest BCUT2D eigenvalue weighted by Crippen LogP contribution is -2.69. The molecule has 534 valence electrons. The molecule has 102 heavy (non-hydrogen) atoms. The highest BCUT2D eigenvalue weighted by atomic mass is 35.7. The van der Waals surface area contributed by atoms with E-state index in [4.69, 9.17) is 42.1 Å². The number of carbonyl (C=O) groups excluding carboxylic acids is 4. The quantitative estimate of drug-likeness (QED) is 0.0563. The molecule has 0 aromatic heterocycles. The van der Waals surface area contributed by atoms with Gasteiger partial charge in [0.25, 0.3) is 23.6 Å². The Bertz CT molecular complexity index is 4870. The first-order valence-corrected chi connectivity index (χ1v) is 37.4. The first-order chi connectivity index (χ1) is 48.6. The van der Waals surface area contributed by atoms with Crippen LogP contribution in [0.5, 0.6) is 57.5 Å². The fourth-order valence-corrected chi connectivity index (χ4v) is 18.2. The van der Waals surface area contributed by atoms with Gasteiger partial charge in [0.2, 0.25) is 22.6 Å². The van der Waals surface area contributed by atoms with Gasteiger partial charge in [-0.05, 0) is 114 Å². The number of halogens is 1. The molecule has 0 aliphatic carbocycles. The van der Waals surface area contributed by atoms with Crippen LogP contribution in [0.4, 0.5) is 0 Å². The van der Waals surface area contributed by atoms with Crippen LogP contribution in [-0.4, -0.2) is 198 Å². The van der Waals surface area contributed by atoms with Crippen molar-refractivity contribution in [2.24, 2.45) is 0 Å². The molecule has 0 spiro atoms. The lowest BCUT2D eigenvalue weighted by atomic mass is 9.71. The highest BCUT2D eigenvalue weighted by molar-refractivity contribution is 8.13. The minimum Gasteiger partial charge on any atom is -0.507 e. The van der Waals surface area contributed by atoms with E-state index < -0.39 is 79.0 Å². The predicted octanol–water partition coefficient (Wildman–Crippen LogP) is 7.13. The van der Waals surface area contributed by atoms with Gasteiger partial charge in [-0.2, -0.15) is 18.9 Å². The first kappa shape index (κ1) is 69.6. The smallest absolute Gasteiger partial charge is 0.306 e. The fourth-order valence-electron chi connectivity index (χ4n) is 17.7. The average Bonchev–Trinajstić information content (AvgIpc) is 0.832. The number of carbonyl (C=O) groups is 4. The van der Waals surface area contributed by atoms with Crippen molar-refractivity contribution >= 4 is 53.5 Å². The number of phenols is 2. The second-order valence-electron chi connectivity index (χ2n) is 27.1. The van der Waals surface area contributed by atoms with E-state index in [2.05, 4.69) is 43.6 Å². The van der Waals surface area contributed by atoms with Gasteiger partial charge in [0, 0.05) is 99.6 Å². The number of hydrogen-bond acceptors (Lipinski definition) is 25. The Labute approximate surface area is 593 Å². The van der Waals surface area contributed by atoms with E-state index >= 15 is 0 Å². The molecule has 10 heterocycles. The number of aryl methyl sites for hydroxylation is 2. The van der Waals surface area contributed by atoms with E-state index in [0.717, 1.165) is 40.3 Å². The Hall–Kier alpha value is -9.43. The third-order valence-electron chi connectivity index (χ3n) is 21.6. The number of phenolic OH excluding ortho intramolecular Hbond substituents is 2. The number of nitriles is 2. The summed E-state index contributed by atoms with van der Waals surface area (Å²) in [7, 11) is 5.88. The van der Waals surface area contributed by atoms with Crippen molar-refractivity contribution < 1.29 is 88.3 Å². The third kappa shape index (κ3) is 11.0. The zero-order chi connectivity index (χ0) is 72.8. The van der Waals surface area contributed by atoms with Crippen molar-refractivity contribution in [1.82, 2.24) is 29.4 Å². The Morgan fingerprint density at radius 1 is 0.549 bits per heavy atom. The Balaban J connectivity index is 0.000000162. The minimum atomic E-state index is -4.03. The number of methoxy groups -OCH3 is 3. The van der Waals surface area contributed by atoms with Crippen LogP contribution >= 0.6 is 10.7 Å². The van der Waals surface area contributed by atoms with Gasteiger partial charge >= 0.3 is 10.1 Å². The van der Waals surface area contributed by atoms with E-state index in [1.807, 2.05) is 38.9 Å². The molecular formula is C72H73ClN8O19S2. The summed E-state index contributed by atoms with van der Waals surface area (Å²) >= 11 is 0. The normalized spacial score (nSPS) is 24.6. The van der Waals surface area contributed by atoms with Crippen LogP contribution in [0.25, 0.3) is 0 Å². The molecule has 10 aliphatic heterocycles. The van der Waals surface area contributed by atoms with E-state index in [1.54, 1.807) is 76.6 Å². The molecule has 30 heteroatoms. The molecule has 2 saturated heterocycles. The van der Waals surface area contributed by atoms with Gasteiger partial charge in [0.05, 0.1) is 85.3 Å². The number of fused-ring (bicyclic) bond motifs is 20. The fraction of sp³-hybridized carbons (Fsp3) is 0.417. The number of nitrogens with zero attached hydrogens (tertiary/aromatic N) is 8. The van der Waals surface area contributed by atoms with Gasteiger partial charge < -0.3 is 52.3 Å². The highest BCUT2D eigenvalue weighted by Crippen LogP contribution is 2.62. The molecule has 2 N–H and O–H groups in total. The van der Waals surface area contributed by atoms with Crippen molar-refractivity contribution in [1.29, 1.82) is 10.5 Å². The maximum absolute atomic E-state index is 13.8. The lowest BCUT2D eigenvalue weighted by Gasteiger charge is -2.60. The van der Waals surface area contributed by atoms with Gasteiger partial charge in [-0.15, -0.1) is 0 Å². The summed E-state index contributed by atoms with van der Waals surface area (Å²) in [5, 5.41) is 45.4. The van der Waals surface area contributed by atoms with Crippen molar-refractivity contribution in [2.75, 3.05) is 81.4 Å². The molecule has 4 amide bonds. The summed E-state index contributed by atoms with van der Waals surface area (Å²) in [6.07, 6.45) is 3.43. The summed E-state index contributed by atoms with van der Waals surface area (Å²) < 4.78 is 96.9. The molecule has 2 fully saturated rings. The number of aromatic hydroxyl groups is 2. The summed E-state index contributed by atoms with van der Waals surface area (Å²) in [5.41, 5.74) is 9.71. The molecule has 4 bridgehead atoms. The van der Waals surface area contributed by atoms with Crippen LogP contribution in [-0.2, 0) is 49.6 Å². The monoisotopic (exact) mass is 1450 g/mol. The lowest BCUT2D eigenvalue weighted by molar-refractivity contribution is -0.0766. The third-order valence-corrected chi connectivity index (χ3v) is 22.0. The van der Waals surface area contributed by atoms with Crippen molar-refractivity contribution in [3.05, 3.63) is 150 Å². The van der Waals surface area contributed by atoms with Gasteiger partial charge in [-0.3, -0.25) is 48.6 Å². The number of piperazine rings is 2. The molecule has 10 atom stereocenters. The SMILES string of the molecule is COCOc1c(OC)c(C)cc2c1[C@@H]1[C@@H]3Cc4c(O)c(C)c5c(c4[C@H](CN4C(=O)c6ccccc6C4=O)N3[C@@H](C#N)[C@H](C2)N1C)OCO5.COc1c(C)cc2c(c1O)[C@@H]1[C@@H]3Cc4c(OS(C)(=O)=O)c(C)c5c(c4[C@H](CN4C(=O)c6ccccc6C4=O)N3[C@@H](C#N)[C@H](C2)N1C)OCO5.CS(=O)(=O)Cl. The Kier molecular flexibility index (Phi) is 17.6. The summed E-state index contributed by atoms with van der Waals surface area (Å²) in [4.78, 5) is 66.1. The van der Waals surface area contributed by atoms with Gasteiger partial charge in [0.15, 0.2) is 58.5 Å². The molecule has 0 radical (unpaired) electrons. The molecule has 0 unspecified atom stereocenters. The van der Waals surface area contributed by atoms with Crippen LogP contribution in [0.2, 0.25) is 0 Å². The largest absolute Gasteiger partial charge is 0.507 e. The topological polar surface area (TPSA) is 327 Å². The summed E-state index contributed by atoms with van der Waals surface area (Å²) in [6, 6.07) is 17.4. The highest BCUT2D eigenvalue weighted by Gasteiger charge is 2.60. The molecule has 6 aromatic rings. The maximum atomic E-state index is 13.8. The number of hydrogen-bond donors (Lipinski definition) is 2. The van der Waals surface area contributed by atoms with Crippen LogP contribution < -0.4 is 37.3 Å². The first-order valence-electron chi connectivity index (χ1n) is 32.8. The average molecular weight is 1450 g/mol. The number of imide groups is 2. The van der Waals surface area contributed by atoms with Crippen molar-refractivity contribution in [2.45, 2.75) is 114 Å². The molecule has 0 saturated carbocycles. The van der Waals surface area contributed by atoms with E-state index in [-0.39, 0.29) is 92.4 Å². The molecule has 27 nitrogen and oxygen atoms in total. The number of amides is 4. The molecule has 16 rings (SSSR count). The molecule has 6 aromatic carbocycles. The van der Waals surface area contributed by atoms with Gasteiger partial charge in [0.1, 0.15) is 17.8 Å². The van der Waals surface area contributed by atoms with Crippen LogP contribution in [0.15, 0.2) is 60.7 Å². The number of ether oxygens (including phenoxy) is 8. The van der Waals surface area contributed by atoms with Gasteiger partial charge in [-0.1, -0.05) is 36.4 Å². The predicted molar refractivity (Wildman–Crippen MR) is 365 cm³/mol. The minimum absolute atomic E-state index is 0.000305. The van der Waals surface area contributed by atoms with Crippen LogP contribution in [0.1, 0.15) is 132 Å². The van der Waals surface area contributed by atoms with E-state index in [1.165, 1.54) is 16.9 Å². The second kappa shape index (κ2) is 25.8. The number of likely N-dealkylation sites (N-methyl/N-ethyl adjacent to an activating group) is 2. The summed E-state index contributed by atoms with van der Waals surface area (Å²) in [5.74, 6) is 1.52.